The zero-order valence-corrected chi connectivity index (χ0v) is 32.5. The van der Waals surface area contributed by atoms with Gasteiger partial charge in [0.25, 0.3) is 0 Å². The van der Waals surface area contributed by atoms with E-state index >= 15 is 0 Å². The number of hydrogen-bond donors (Lipinski definition) is 0. The van der Waals surface area contributed by atoms with Crippen molar-refractivity contribution in [2.45, 2.75) is 258 Å². The molecule has 0 fully saturated rings. The Balaban J connectivity index is 2.15. The van der Waals surface area contributed by atoms with E-state index in [1.807, 2.05) is 0 Å². The van der Waals surface area contributed by atoms with Crippen molar-refractivity contribution in [3.8, 4) is 0 Å². The maximum absolute atomic E-state index is 2.73. The Morgan fingerprint density at radius 3 is 0.761 bits per heavy atom. The van der Waals surface area contributed by atoms with Crippen LogP contribution < -0.4 is 0 Å². The van der Waals surface area contributed by atoms with E-state index in [1.54, 1.807) is 0 Å². The van der Waals surface area contributed by atoms with Crippen LogP contribution in [0.25, 0.3) is 0 Å². The van der Waals surface area contributed by atoms with Gasteiger partial charge in [0, 0.05) is 25.5 Å². The minimum absolute atomic E-state index is 0.639. The van der Waals surface area contributed by atoms with E-state index in [2.05, 4.69) is 43.0 Å². The molecule has 0 aromatic rings. The summed E-state index contributed by atoms with van der Waals surface area (Å²) in [4.78, 5) is 5.45. The molecule has 1 aliphatic heterocycles. The third kappa shape index (κ3) is 27.3. The van der Waals surface area contributed by atoms with Gasteiger partial charge in [-0.3, -0.25) is 0 Å². The zero-order chi connectivity index (χ0) is 33.0. The molecule has 0 aliphatic carbocycles. The molecule has 0 saturated carbocycles. The first kappa shape index (κ1) is 43.4. The summed E-state index contributed by atoms with van der Waals surface area (Å²) < 4.78 is 0. The summed E-state index contributed by atoms with van der Waals surface area (Å²) >= 11 is 0. The lowest BCUT2D eigenvalue weighted by molar-refractivity contribution is 0.135. The minimum Gasteiger partial charge on any atom is -0.356 e. The van der Waals surface area contributed by atoms with Gasteiger partial charge in [0.2, 0.25) is 0 Å². The number of hydrogen-bond acceptors (Lipinski definition) is 2. The quantitative estimate of drug-likeness (QED) is 0.0617. The summed E-state index contributed by atoms with van der Waals surface area (Å²) in [6.45, 7) is 9.49. The summed E-state index contributed by atoms with van der Waals surface area (Å²) in [6, 6.07) is 0. The summed E-state index contributed by atoms with van der Waals surface area (Å²) in [5.74, 6) is 0. The van der Waals surface area contributed by atoms with Crippen molar-refractivity contribution in [2.24, 2.45) is 0 Å². The van der Waals surface area contributed by atoms with Gasteiger partial charge in [-0.15, -0.1) is 0 Å². The van der Waals surface area contributed by atoms with Gasteiger partial charge in [-0.1, -0.05) is 226 Å². The molecule has 46 heavy (non-hydrogen) atoms. The Morgan fingerprint density at radius 1 is 0.283 bits per heavy atom. The molecule has 1 heterocycles. The van der Waals surface area contributed by atoms with Gasteiger partial charge in [0.05, 0.1) is 0 Å². The molecule has 1 rings (SSSR count). The van der Waals surface area contributed by atoms with Gasteiger partial charge in [-0.25, -0.2) is 0 Å². The SMILES string of the molecule is CCCCCCCCCCCCCCCCCCCN1C=CN(CCCCCCCCCC)C1CCCCCCCCCCCC. The van der Waals surface area contributed by atoms with Crippen molar-refractivity contribution >= 4 is 0 Å². The van der Waals surface area contributed by atoms with Crippen LogP contribution in [0.3, 0.4) is 0 Å². The van der Waals surface area contributed by atoms with Gasteiger partial charge in [-0.2, -0.15) is 0 Å². The standard InChI is InChI=1S/C44H88N2/c1-4-7-10-13-16-19-21-22-23-24-25-26-27-29-32-35-38-41-46-43-42-45(40-37-34-31-18-15-12-9-6-3)44(46)39-36-33-30-28-20-17-14-11-8-5-2/h42-44H,4-41H2,1-3H3. The van der Waals surface area contributed by atoms with Gasteiger partial charge in [0.1, 0.15) is 6.17 Å². The Bertz CT molecular complexity index is 601. The third-order valence-electron chi connectivity index (χ3n) is 10.8. The Labute approximate surface area is 292 Å². The predicted octanol–water partition coefficient (Wildman–Crippen LogP) is 15.5. The Kier molecular flexibility index (Phi) is 33.6. The average Bonchev–Trinajstić information content (AvgIpc) is 3.45. The average molecular weight is 645 g/mol. The lowest BCUT2D eigenvalue weighted by atomic mass is 10.0. The topological polar surface area (TPSA) is 6.48 Å². The molecule has 1 unspecified atom stereocenters. The molecule has 0 aromatic heterocycles. The fourth-order valence-electron chi connectivity index (χ4n) is 7.60. The number of unbranched alkanes of at least 4 members (excludes halogenated alkanes) is 32. The monoisotopic (exact) mass is 645 g/mol. The van der Waals surface area contributed by atoms with Crippen LogP contribution in [0.1, 0.15) is 252 Å². The van der Waals surface area contributed by atoms with Gasteiger partial charge < -0.3 is 9.80 Å². The lowest BCUT2D eigenvalue weighted by Gasteiger charge is -2.33. The van der Waals surface area contributed by atoms with E-state index in [0.29, 0.717) is 6.17 Å². The van der Waals surface area contributed by atoms with E-state index < -0.39 is 0 Å². The first-order valence-electron chi connectivity index (χ1n) is 22.0. The van der Waals surface area contributed by atoms with E-state index in [9.17, 15) is 0 Å². The second-order valence-electron chi connectivity index (χ2n) is 15.4. The van der Waals surface area contributed by atoms with Crippen LogP contribution in [-0.4, -0.2) is 29.1 Å². The normalized spacial score (nSPS) is 14.7. The van der Waals surface area contributed by atoms with Crippen molar-refractivity contribution in [1.82, 2.24) is 9.80 Å². The summed E-state index contributed by atoms with van der Waals surface area (Å²) in [6.07, 6.45) is 57.4. The molecule has 0 spiro atoms. The van der Waals surface area contributed by atoms with E-state index in [4.69, 9.17) is 0 Å². The highest BCUT2D eigenvalue weighted by Gasteiger charge is 2.24. The van der Waals surface area contributed by atoms with Crippen LogP contribution in [-0.2, 0) is 0 Å². The van der Waals surface area contributed by atoms with Gasteiger partial charge >= 0.3 is 0 Å². The molecule has 0 aromatic carbocycles. The molecule has 274 valence electrons. The molecule has 2 heteroatoms. The summed E-state index contributed by atoms with van der Waals surface area (Å²) in [5, 5.41) is 0. The fourth-order valence-corrected chi connectivity index (χ4v) is 7.60. The Morgan fingerprint density at radius 2 is 0.500 bits per heavy atom. The van der Waals surface area contributed by atoms with E-state index in [0.717, 1.165) is 0 Å². The second kappa shape index (κ2) is 35.6. The summed E-state index contributed by atoms with van der Waals surface area (Å²) in [7, 11) is 0. The zero-order valence-electron chi connectivity index (χ0n) is 32.5. The van der Waals surface area contributed by atoms with Crippen molar-refractivity contribution in [3.05, 3.63) is 12.4 Å². The summed E-state index contributed by atoms with van der Waals surface area (Å²) in [5.41, 5.74) is 0. The minimum atomic E-state index is 0.639. The maximum Gasteiger partial charge on any atom is 0.101 e. The fraction of sp³-hybridized carbons (Fsp3) is 0.955. The molecule has 0 saturated heterocycles. The first-order chi connectivity index (χ1) is 22.8. The largest absolute Gasteiger partial charge is 0.356 e. The second-order valence-corrected chi connectivity index (χ2v) is 15.4. The molecule has 0 bridgehead atoms. The molecule has 1 atom stereocenters. The number of nitrogens with zero attached hydrogens (tertiary/aromatic N) is 2. The number of rotatable bonds is 38. The van der Waals surface area contributed by atoms with Crippen LogP contribution >= 0.6 is 0 Å². The predicted molar refractivity (Wildman–Crippen MR) is 210 cm³/mol. The van der Waals surface area contributed by atoms with Crippen molar-refractivity contribution in [2.75, 3.05) is 13.1 Å². The van der Waals surface area contributed by atoms with Crippen LogP contribution in [0.5, 0.6) is 0 Å². The smallest absolute Gasteiger partial charge is 0.101 e. The van der Waals surface area contributed by atoms with Gasteiger partial charge in [0.15, 0.2) is 0 Å². The first-order valence-corrected chi connectivity index (χ1v) is 22.0. The van der Waals surface area contributed by atoms with Crippen molar-refractivity contribution < 1.29 is 0 Å². The molecule has 1 aliphatic rings. The highest BCUT2D eigenvalue weighted by atomic mass is 15.4. The highest BCUT2D eigenvalue weighted by molar-refractivity contribution is 4.97. The van der Waals surface area contributed by atoms with Crippen LogP contribution in [0.4, 0.5) is 0 Å². The maximum atomic E-state index is 2.73. The molecular formula is C44H88N2. The molecular weight excluding hydrogens is 556 g/mol. The molecule has 0 radical (unpaired) electrons. The molecule has 2 nitrogen and oxygen atoms in total. The van der Waals surface area contributed by atoms with Crippen LogP contribution in [0.15, 0.2) is 12.4 Å². The highest BCUT2D eigenvalue weighted by Crippen LogP contribution is 2.24. The van der Waals surface area contributed by atoms with E-state index in [-0.39, 0.29) is 0 Å². The lowest BCUT2D eigenvalue weighted by Crippen LogP contribution is -2.39. The molecule has 0 amide bonds. The van der Waals surface area contributed by atoms with E-state index in [1.165, 1.54) is 244 Å². The molecule has 0 N–H and O–H groups in total. The Hall–Kier alpha value is -0.660. The third-order valence-corrected chi connectivity index (χ3v) is 10.8. The van der Waals surface area contributed by atoms with Crippen molar-refractivity contribution in [3.63, 3.8) is 0 Å². The van der Waals surface area contributed by atoms with Crippen LogP contribution in [0, 0.1) is 0 Å². The van der Waals surface area contributed by atoms with Crippen LogP contribution in [0.2, 0.25) is 0 Å². The van der Waals surface area contributed by atoms with Gasteiger partial charge in [-0.05, 0) is 25.7 Å². The van der Waals surface area contributed by atoms with Crippen molar-refractivity contribution in [1.29, 1.82) is 0 Å².